The number of rotatable bonds is 4. The number of carboxylic acids is 1. The minimum atomic E-state index is -1.25. The number of methoxy groups -OCH3 is 1. The molecule has 7 nitrogen and oxygen atoms in total. The number of benzene rings is 2. The van der Waals surface area contributed by atoms with Gasteiger partial charge in [-0.3, -0.25) is 0 Å². The first-order valence-electron chi connectivity index (χ1n) is 8.59. The van der Waals surface area contributed by atoms with E-state index in [0.29, 0.717) is 17.7 Å². The van der Waals surface area contributed by atoms with Crippen molar-refractivity contribution in [1.82, 2.24) is 0 Å². The topological polar surface area (TPSA) is 91.1 Å². The molecule has 2 aliphatic heterocycles. The molecule has 0 saturated carbocycles. The minimum Gasteiger partial charge on any atom is -0.869 e. The summed E-state index contributed by atoms with van der Waals surface area (Å²) < 4.78 is 18.0. The van der Waals surface area contributed by atoms with Gasteiger partial charge in [-0.25, -0.2) is 9.37 Å². The average molecular weight is 369 g/mol. The fourth-order valence-corrected chi connectivity index (χ4v) is 3.65. The maximum absolute atomic E-state index is 12.4. The van der Waals surface area contributed by atoms with Gasteiger partial charge in [0.15, 0.2) is 17.2 Å². The highest BCUT2D eigenvalue weighted by atomic mass is 16.7. The summed E-state index contributed by atoms with van der Waals surface area (Å²) in [5.74, 6) is -0.414. The normalized spacial score (nSPS) is 14.9. The molecule has 140 valence electrons. The number of hydrogen-bond donors (Lipinski definition) is 1. The molecule has 2 aromatic carbocycles. The molecule has 0 radical (unpaired) electrons. The Balaban J connectivity index is 1.80. The van der Waals surface area contributed by atoms with Crippen molar-refractivity contribution in [2.75, 3.05) is 27.5 Å². The summed E-state index contributed by atoms with van der Waals surface area (Å²) in [5.41, 5.74) is 3.28. The second kappa shape index (κ2) is 6.50. The van der Waals surface area contributed by atoms with Crippen molar-refractivity contribution >= 4 is 11.7 Å². The third-order valence-electron chi connectivity index (χ3n) is 5.09. The maximum atomic E-state index is 12.4. The van der Waals surface area contributed by atoms with Gasteiger partial charge in [0.25, 0.3) is 0 Å². The lowest BCUT2D eigenvalue weighted by Gasteiger charge is -2.21. The van der Waals surface area contributed by atoms with Crippen molar-refractivity contribution in [2.45, 2.75) is 12.8 Å². The van der Waals surface area contributed by atoms with Crippen molar-refractivity contribution in [3.05, 3.63) is 46.5 Å². The molecule has 4 rings (SSSR count). The van der Waals surface area contributed by atoms with E-state index in [4.69, 9.17) is 14.2 Å². The van der Waals surface area contributed by atoms with Gasteiger partial charge in [-0.2, -0.15) is 0 Å². The van der Waals surface area contributed by atoms with Gasteiger partial charge in [0.2, 0.25) is 6.79 Å². The van der Waals surface area contributed by atoms with Crippen LogP contribution in [0.15, 0.2) is 24.3 Å². The molecule has 0 aromatic heterocycles. The molecule has 0 amide bonds. The zero-order chi connectivity index (χ0) is 19.1. The van der Waals surface area contributed by atoms with Crippen LogP contribution in [0.5, 0.6) is 23.0 Å². The van der Waals surface area contributed by atoms with Gasteiger partial charge in [0.1, 0.15) is 19.3 Å². The van der Waals surface area contributed by atoms with Gasteiger partial charge >= 0.3 is 5.97 Å². The minimum absolute atomic E-state index is 0.0296. The molecular weight excluding hydrogens is 350 g/mol. The summed E-state index contributed by atoms with van der Waals surface area (Å²) in [5, 5.41) is 22.0. The summed E-state index contributed by atoms with van der Waals surface area (Å²) in [6.07, 6.45) is 1.18. The van der Waals surface area contributed by atoms with Crippen LogP contribution in [0.1, 0.15) is 27.0 Å². The van der Waals surface area contributed by atoms with Gasteiger partial charge in [-0.1, -0.05) is 11.8 Å². The van der Waals surface area contributed by atoms with Crippen molar-refractivity contribution in [2.24, 2.45) is 0 Å². The van der Waals surface area contributed by atoms with E-state index in [1.807, 2.05) is 19.2 Å². The second-order valence-corrected chi connectivity index (χ2v) is 6.59. The Kier molecular flexibility index (Phi) is 4.14. The van der Waals surface area contributed by atoms with E-state index < -0.39 is 11.7 Å². The zero-order valence-corrected chi connectivity index (χ0v) is 15.1. The third kappa shape index (κ3) is 2.85. The molecule has 7 heteroatoms. The summed E-state index contributed by atoms with van der Waals surface area (Å²) in [6, 6.07) is 7.08. The number of carboxylic acid groups (broad SMARTS) is 1. The smallest absolute Gasteiger partial charge is 0.335 e. The highest BCUT2D eigenvalue weighted by molar-refractivity contribution is 6.03. The number of likely N-dealkylation sites (N-methyl/N-ethyl adjacent to an activating group) is 1. The second-order valence-electron chi connectivity index (χ2n) is 6.59. The van der Waals surface area contributed by atoms with Crippen molar-refractivity contribution in [1.29, 1.82) is 0 Å². The largest absolute Gasteiger partial charge is 0.869 e. The van der Waals surface area contributed by atoms with Gasteiger partial charge in [-0.15, -0.1) is 0 Å². The van der Waals surface area contributed by atoms with Crippen LogP contribution in [-0.2, 0) is 12.8 Å². The van der Waals surface area contributed by atoms with Crippen molar-refractivity contribution in [3.63, 3.8) is 0 Å². The first-order chi connectivity index (χ1) is 13.0. The van der Waals surface area contributed by atoms with Crippen LogP contribution in [0.2, 0.25) is 0 Å². The lowest BCUT2D eigenvalue weighted by atomic mass is 9.90. The molecule has 0 aliphatic carbocycles. The number of fused-ring (bicyclic) bond motifs is 2. The summed E-state index contributed by atoms with van der Waals surface area (Å²) in [7, 11) is 3.31. The molecule has 2 heterocycles. The predicted molar refractivity (Wildman–Crippen MR) is 94.5 cm³/mol. The highest BCUT2D eigenvalue weighted by Crippen LogP contribution is 2.37. The van der Waals surface area contributed by atoms with E-state index in [1.165, 1.54) is 13.2 Å². The summed E-state index contributed by atoms with van der Waals surface area (Å²) in [6.45, 7) is 0.995. The Hall–Kier alpha value is -3.22. The Labute approximate surface area is 156 Å². The van der Waals surface area contributed by atoms with E-state index in [1.54, 1.807) is 6.07 Å². The molecule has 2 aliphatic rings. The molecule has 1 N–H and O–H groups in total. The Morgan fingerprint density at radius 3 is 2.74 bits per heavy atom. The number of hydrogen-bond acceptors (Lipinski definition) is 5. The molecule has 0 unspecified atom stereocenters. The van der Waals surface area contributed by atoms with E-state index in [0.717, 1.165) is 35.6 Å². The maximum Gasteiger partial charge on any atom is 0.335 e. The Morgan fingerprint density at radius 1 is 1.30 bits per heavy atom. The van der Waals surface area contributed by atoms with Crippen LogP contribution in [0.4, 0.5) is 0 Å². The summed E-state index contributed by atoms with van der Waals surface area (Å²) in [4.78, 5) is 11.7. The van der Waals surface area contributed by atoms with E-state index in [9.17, 15) is 15.0 Å². The molecule has 27 heavy (non-hydrogen) atoms. The van der Waals surface area contributed by atoms with Crippen LogP contribution >= 0.6 is 0 Å². The van der Waals surface area contributed by atoms with Gasteiger partial charge < -0.3 is 24.4 Å². The quantitative estimate of drug-likeness (QED) is 0.820. The van der Waals surface area contributed by atoms with E-state index >= 15 is 0 Å². The first kappa shape index (κ1) is 17.2. The Bertz CT molecular complexity index is 979. The number of carbonyl (C=O) groups is 1. The van der Waals surface area contributed by atoms with Crippen molar-refractivity contribution in [3.8, 4) is 23.0 Å². The lowest BCUT2D eigenvalue weighted by Crippen LogP contribution is -2.29. The number of ether oxygens (including phenoxy) is 3. The molecule has 0 bridgehead atoms. The highest BCUT2D eigenvalue weighted by Gasteiger charge is 2.29. The van der Waals surface area contributed by atoms with Gasteiger partial charge in [-0.05, 0) is 29.3 Å². The average Bonchev–Trinajstić information content (AvgIpc) is 3.10. The standard InChI is InChI=1S/C20H19NO6/c1-21-6-5-11-8-16-17(27-10-26-16)9-13(11)14(21)7-12-3-4-15(25-2)19(22)18(12)20(23)24/h3-4,8-9H,5-7,10H2,1-2H3,(H-,22,23,24). The number of nitrogens with zero attached hydrogens (tertiary/aromatic N) is 1. The monoisotopic (exact) mass is 369 g/mol. The van der Waals surface area contributed by atoms with E-state index in [-0.39, 0.29) is 18.1 Å². The SMILES string of the molecule is COc1ccc(CC2=[N+](C)CCc3cc4c(cc32)OCO4)c(C(=O)O)c1[O-]. The lowest BCUT2D eigenvalue weighted by molar-refractivity contribution is -0.498. The molecule has 0 atom stereocenters. The predicted octanol–water partition coefficient (Wildman–Crippen LogP) is 1.43. The Morgan fingerprint density at radius 2 is 2.04 bits per heavy atom. The molecule has 0 fully saturated rings. The van der Waals surface area contributed by atoms with E-state index in [2.05, 4.69) is 4.58 Å². The van der Waals surface area contributed by atoms with Crippen LogP contribution < -0.4 is 19.3 Å². The molecule has 2 aromatic rings. The van der Waals surface area contributed by atoms with Crippen LogP contribution in [0.25, 0.3) is 0 Å². The summed E-state index contributed by atoms with van der Waals surface area (Å²) >= 11 is 0. The van der Waals surface area contributed by atoms with Crippen LogP contribution in [0, 0.1) is 0 Å². The van der Waals surface area contributed by atoms with Crippen molar-refractivity contribution < 1.29 is 33.8 Å². The molecular formula is C20H19NO6. The molecule has 0 saturated heterocycles. The van der Waals surface area contributed by atoms with Gasteiger partial charge in [0.05, 0.1) is 19.1 Å². The van der Waals surface area contributed by atoms with Crippen LogP contribution in [-0.4, -0.2) is 48.9 Å². The zero-order valence-electron chi connectivity index (χ0n) is 15.1. The molecule has 0 spiro atoms. The van der Waals surface area contributed by atoms with Crippen LogP contribution in [0.3, 0.4) is 0 Å². The third-order valence-corrected chi connectivity index (χ3v) is 5.09. The number of aromatic carboxylic acids is 1. The fraction of sp³-hybridized carbons (Fsp3) is 0.300. The fourth-order valence-electron chi connectivity index (χ4n) is 3.65. The van der Waals surface area contributed by atoms with Gasteiger partial charge in [0, 0.05) is 12.0 Å². The first-order valence-corrected chi connectivity index (χ1v) is 8.59.